The second-order valence-electron chi connectivity index (χ2n) is 7.54. The molecule has 1 fully saturated rings. The lowest BCUT2D eigenvalue weighted by molar-refractivity contribution is -0.0689. The summed E-state index contributed by atoms with van der Waals surface area (Å²) in [6.45, 7) is 9.40. The average molecular weight is 391 g/mol. The average Bonchev–Trinajstić information content (AvgIpc) is 3.20. The molecule has 2 aromatic heterocycles. The maximum atomic E-state index is 13.6. The van der Waals surface area contributed by atoms with Gasteiger partial charge in [-0.3, -0.25) is 0 Å². The molecule has 28 heavy (non-hydrogen) atoms. The smallest absolute Gasteiger partial charge is 0.248 e. The molecule has 5 nitrogen and oxygen atoms in total. The Kier molecular flexibility index (Phi) is 5.84. The van der Waals surface area contributed by atoms with E-state index >= 15 is 0 Å². The van der Waals surface area contributed by atoms with E-state index in [-0.39, 0.29) is 24.9 Å². The monoisotopic (exact) mass is 391 g/mol. The first kappa shape index (κ1) is 20.5. The zero-order valence-corrected chi connectivity index (χ0v) is 16.8. The fourth-order valence-corrected chi connectivity index (χ4v) is 4.23. The van der Waals surface area contributed by atoms with Gasteiger partial charge in [0.2, 0.25) is 5.92 Å². The summed E-state index contributed by atoms with van der Waals surface area (Å²) < 4.78 is 38.2. The molecule has 1 aliphatic carbocycles. The normalized spacial score (nSPS) is 19.0. The van der Waals surface area contributed by atoms with Crippen LogP contribution in [0.25, 0.3) is 11.6 Å². The number of aromatic nitrogens is 2. The second kappa shape index (κ2) is 7.99. The van der Waals surface area contributed by atoms with Gasteiger partial charge in [-0.15, -0.1) is 0 Å². The van der Waals surface area contributed by atoms with Crippen LogP contribution in [0.5, 0.6) is 0 Å². The van der Waals surface area contributed by atoms with Gasteiger partial charge in [-0.2, -0.15) is 0 Å². The predicted molar refractivity (Wildman–Crippen MR) is 106 cm³/mol. The van der Waals surface area contributed by atoms with Crippen molar-refractivity contribution < 1.29 is 18.0 Å². The van der Waals surface area contributed by atoms with E-state index in [4.69, 9.17) is 9.26 Å². The maximum absolute atomic E-state index is 13.6. The molecule has 3 rings (SSSR count). The van der Waals surface area contributed by atoms with Gasteiger partial charge in [0.25, 0.3) is 0 Å². The number of methoxy groups -OCH3 is 1. The maximum Gasteiger partial charge on any atom is 0.248 e. The lowest BCUT2D eigenvalue weighted by Crippen LogP contribution is -2.28. The first-order chi connectivity index (χ1) is 13.3. The highest BCUT2D eigenvalue weighted by molar-refractivity contribution is 5.85. The number of nitrogens with zero attached hydrogens (tertiary/aromatic N) is 2. The summed E-state index contributed by atoms with van der Waals surface area (Å²) in [5, 5.41) is 4.01. The van der Waals surface area contributed by atoms with E-state index in [2.05, 4.69) is 21.9 Å². The highest BCUT2D eigenvalue weighted by Gasteiger charge is 2.39. The molecule has 0 bridgehead atoms. The lowest BCUT2D eigenvalue weighted by atomic mass is 9.80. The molecule has 1 aliphatic rings. The van der Waals surface area contributed by atoms with Crippen LogP contribution in [-0.4, -0.2) is 29.9 Å². The molecule has 1 saturated carbocycles. The number of hydrogen-bond donors (Lipinski definition) is 1. The summed E-state index contributed by atoms with van der Waals surface area (Å²) in [4.78, 5) is 7.22. The fraction of sp³-hybridized carbons (Fsp3) is 0.524. The summed E-state index contributed by atoms with van der Waals surface area (Å²) in [5.41, 5.74) is 4.51. The molecule has 152 valence electrons. The molecule has 0 saturated heterocycles. The number of rotatable bonds is 6. The molecule has 7 heteroatoms. The van der Waals surface area contributed by atoms with Crippen molar-refractivity contribution in [3.05, 3.63) is 34.3 Å². The Hall–Kier alpha value is -2.28. The summed E-state index contributed by atoms with van der Waals surface area (Å²) in [6, 6.07) is 0. The first-order valence-electron chi connectivity index (χ1n) is 9.47. The molecule has 2 heterocycles. The quantitative estimate of drug-likeness (QED) is 0.612. The minimum atomic E-state index is -2.57. The van der Waals surface area contributed by atoms with Crippen molar-refractivity contribution in [2.45, 2.75) is 58.5 Å². The van der Waals surface area contributed by atoms with Gasteiger partial charge < -0.3 is 14.2 Å². The molecular formula is C21H27F2N3O2. The molecule has 0 radical (unpaired) electrons. The summed E-state index contributed by atoms with van der Waals surface area (Å²) in [7, 11) is 1.63. The minimum absolute atomic E-state index is 0.0320. The van der Waals surface area contributed by atoms with Crippen molar-refractivity contribution in [1.82, 2.24) is 10.1 Å². The van der Waals surface area contributed by atoms with E-state index in [9.17, 15) is 8.78 Å². The molecule has 1 unspecified atom stereocenters. The topological polar surface area (TPSA) is 63.4 Å². The third-order valence-corrected chi connectivity index (χ3v) is 5.63. The number of ether oxygens (including phenoxy) is 1. The van der Waals surface area contributed by atoms with Gasteiger partial charge in [0.05, 0.1) is 11.8 Å². The van der Waals surface area contributed by atoms with Gasteiger partial charge in [0.15, 0.2) is 0 Å². The Balaban J connectivity index is 1.98. The summed E-state index contributed by atoms with van der Waals surface area (Å²) in [5.74, 6) is -1.16. The third-order valence-electron chi connectivity index (χ3n) is 5.63. The van der Waals surface area contributed by atoms with E-state index in [0.29, 0.717) is 18.7 Å². The Morgan fingerprint density at radius 2 is 2.11 bits per heavy atom. The standard InChI is InChI=1S/C21H27F2N3O2/c1-12(18-13(2)26-28-14(18)3)10-16-17(11-25-20(16)24-4)19(27-5)15-6-8-21(22,23)9-7-15/h10-11,15,19,25H,4,6-9H2,1-3,5H3/b12-10+. The van der Waals surface area contributed by atoms with Gasteiger partial charge in [-0.05, 0) is 57.9 Å². The van der Waals surface area contributed by atoms with E-state index in [1.807, 2.05) is 33.0 Å². The number of aromatic amines is 1. The Bertz CT molecular complexity index is 853. The fourth-order valence-electron chi connectivity index (χ4n) is 4.23. The van der Waals surface area contributed by atoms with E-state index in [0.717, 1.165) is 33.7 Å². The molecule has 0 aliphatic heterocycles. The minimum Gasteiger partial charge on any atom is -0.376 e. The molecule has 0 amide bonds. The lowest BCUT2D eigenvalue weighted by Gasteiger charge is -2.33. The first-order valence-corrected chi connectivity index (χ1v) is 9.47. The van der Waals surface area contributed by atoms with E-state index in [1.54, 1.807) is 7.11 Å². The van der Waals surface area contributed by atoms with E-state index in [1.165, 1.54) is 0 Å². The molecule has 1 atom stereocenters. The van der Waals surface area contributed by atoms with E-state index < -0.39 is 5.92 Å². The number of aryl methyl sites for hydroxylation is 2. The van der Waals surface area contributed by atoms with Gasteiger partial charge in [0, 0.05) is 42.8 Å². The van der Waals surface area contributed by atoms with Gasteiger partial charge in [0.1, 0.15) is 11.6 Å². The van der Waals surface area contributed by atoms with Crippen molar-refractivity contribution >= 4 is 24.2 Å². The van der Waals surface area contributed by atoms with Crippen LogP contribution in [0, 0.1) is 19.8 Å². The van der Waals surface area contributed by atoms with Crippen molar-refractivity contribution in [1.29, 1.82) is 0 Å². The largest absolute Gasteiger partial charge is 0.376 e. The van der Waals surface area contributed by atoms with Crippen LogP contribution in [-0.2, 0) is 4.74 Å². The van der Waals surface area contributed by atoms with Crippen molar-refractivity contribution in [2.75, 3.05) is 7.11 Å². The van der Waals surface area contributed by atoms with Crippen molar-refractivity contribution in [3.63, 3.8) is 0 Å². The molecule has 0 spiro atoms. The van der Waals surface area contributed by atoms with Crippen LogP contribution in [0.15, 0.2) is 15.7 Å². The van der Waals surface area contributed by atoms with Crippen LogP contribution >= 0.6 is 0 Å². The van der Waals surface area contributed by atoms with Crippen LogP contribution in [0.3, 0.4) is 0 Å². The number of allylic oxidation sites excluding steroid dienone is 1. The van der Waals surface area contributed by atoms with Crippen molar-refractivity contribution in [3.8, 4) is 0 Å². The Morgan fingerprint density at radius 1 is 1.43 bits per heavy atom. The Morgan fingerprint density at radius 3 is 2.64 bits per heavy atom. The highest BCUT2D eigenvalue weighted by Crippen LogP contribution is 2.44. The van der Waals surface area contributed by atoms with Crippen LogP contribution in [0.2, 0.25) is 0 Å². The highest BCUT2D eigenvalue weighted by atomic mass is 19.3. The van der Waals surface area contributed by atoms with Gasteiger partial charge >= 0.3 is 0 Å². The Labute approximate surface area is 163 Å². The predicted octanol–water partition coefficient (Wildman–Crippen LogP) is 6.03. The van der Waals surface area contributed by atoms with Crippen LogP contribution in [0.4, 0.5) is 14.6 Å². The second-order valence-corrected chi connectivity index (χ2v) is 7.54. The summed E-state index contributed by atoms with van der Waals surface area (Å²) in [6.07, 6.45) is 4.23. The van der Waals surface area contributed by atoms with Gasteiger partial charge in [-0.1, -0.05) is 5.16 Å². The summed E-state index contributed by atoms with van der Waals surface area (Å²) >= 11 is 0. The zero-order valence-electron chi connectivity index (χ0n) is 16.8. The SMILES string of the molecule is C=Nc1[nH]cc(C(OC)C2CCC(F)(F)CC2)c1/C=C(\C)c1c(C)noc1C. The van der Waals surface area contributed by atoms with Crippen LogP contribution < -0.4 is 0 Å². The molecule has 2 aromatic rings. The number of hydrogen-bond acceptors (Lipinski definition) is 4. The number of aliphatic imine (C=N–C) groups is 1. The van der Waals surface area contributed by atoms with Gasteiger partial charge in [-0.25, -0.2) is 13.8 Å². The number of H-pyrrole nitrogens is 1. The number of alkyl halides is 2. The molecular weight excluding hydrogens is 364 g/mol. The number of nitrogens with one attached hydrogen (secondary N) is 1. The van der Waals surface area contributed by atoms with Crippen LogP contribution in [0.1, 0.15) is 66.9 Å². The zero-order chi connectivity index (χ0) is 20.5. The third kappa shape index (κ3) is 3.94. The number of halogens is 2. The molecule has 0 aromatic carbocycles. The molecule has 1 N–H and O–H groups in total. The van der Waals surface area contributed by atoms with Crippen molar-refractivity contribution in [2.24, 2.45) is 10.9 Å².